The number of halogens is 2. The molecule has 7 nitrogen and oxygen atoms in total. The molecular weight excluding hydrogens is 406 g/mol. The molecule has 0 N–H and O–H groups in total. The summed E-state index contributed by atoms with van der Waals surface area (Å²) in [7, 11) is 0. The highest BCUT2D eigenvalue weighted by molar-refractivity contribution is 5.95. The molecule has 5 rings (SSSR count). The summed E-state index contributed by atoms with van der Waals surface area (Å²) in [6, 6.07) is 12.7. The third-order valence-electron chi connectivity index (χ3n) is 5.39. The molecule has 1 amide bonds. The number of hydrogen-bond donors (Lipinski definition) is 0. The number of fused-ring (bicyclic) bond motifs is 1. The smallest absolute Gasteiger partial charge is 0.259 e. The number of benzene rings is 2. The highest BCUT2D eigenvalue weighted by Gasteiger charge is 2.27. The molecule has 0 saturated carbocycles. The molecule has 1 aromatic heterocycles. The Morgan fingerprint density at radius 1 is 0.871 bits per heavy atom. The molecule has 2 aromatic carbocycles. The predicted octanol–water partition coefficient (Wildman–Crippen LogP) is 3.11. The summed E-state index contributed by atoms with van der Waals surface area (Å²) in [6.45, 7) is 1.84. The summed E-state index contributed by atoms with van der Waals surface area (Å²) < 4.78 is 38.6. The molecule has 9 heteroatoms. The van der Waals surface area contributed by atoms with Gasteiger partial charge >= 0.3 is 0 Å². The second-order valence-corrected chi connectivity index (χ2v) is 7.22. The van der Waals surface area contributed by atoms with E-state index in [2.05, 4.69) is 10.2 Å². The Hall–Kier alpha value is -3.75. The third-order valence-corrected chi connectivity index (χ3v) is 5.39. The van der Waals surface area contributed by atoms with Crippen molar-refractivity contribution in [3.05, 3.63) is 65.7 Å². The zero-order valence-corrected chi connectivity index (χ0v) is 16.4. The van der Waals surface area contributed by atoms with Gasteiger partial charge in [-0.3, -0.25) is 4.79 Å². The number of ether oxygens (including phenoxy) is 2. The molecule has 0 bridgehead atoms. The van der Waals surface area contributed by atoms with Gasteiger partial charge in [-0.25, -0.2) is 8.78 Å². The first-order valence-corrected chi connectivity index (χ1v) is 9.82. The number of rotatable bonds is 3. The van der Waals surface area contributed by atoms with Gasteiger partial charge in [0.25, 0.3) is 5.91 Å². The number of piperazine rings is 1. The summed E-state index contributed by atoms with van der Waals surface area (Å²) in [5, 5.41) is 8.62. The second-order valence-electron chi connectivity index (χ2n) is 7.22. The lowest BCUT2D eigenvalue weighted by Gasteiger charge is -2.35. The van der Waals surface area contributed by atoms with Gasteiger partial charge in [0, 0.05) is 31.7 Å². The van der Waals surface area contributed by atoms with Crippen LogP contribution in [0.25, 0.3) is 11.3 Å². The van der Waals surface area contributed by atoms with Gasteiger partial charge in [0.1, 0.15) is 17.2 Å². The van der Waals surface area contributed by atoms with Gasteiger partial charge in [0.2, 0.25) is 6.79 Å². The standard InChI is InChI=1S/C22H18F2N4O3/c23-15-2-1-3-16(24)21(15)22(29)28-10-8-27(9-11-28)20-7-5-17(25-26-20)14-4-6-18-19(12-14)31-13-30-18/h1-7,12H,8-11,13H2. The summed E-state index contributed by atoms with van der Waals surface area (Å²) in [6.07, 6.45) is 0. The van der Waals surface area contributed by atoms with Gasteiger partial charge in [-0.2, -0.15) is 0 Å². The molecule has 0 unspecified atom stereocenters. The zero-order chi connectivity index (χ0) is 21.4. The van der Waals surface area contributed by atoms with Crippen molar-refractivity contribution in [3.8, 4) is 22.8 Å². The van der Waals surface area contributed by atoms with Gasteiger partial charge in [-0.15, -0.1) is 10.2 Å². The number of aromatic nitrogens is 2. The fourth-order valence-corrected chi connectivity index (χ4v) is 3.70. The maximum Gasteiger partial charge on any atom is 0.259 e. The highest BCUT2D eigenvalue weighted by atomic mass is 19.1. The molecule has 3 heterocycles. The average molecular weight is 424 g/mol. The number of amides is 1. The van der Waals surface area contributed by atoms with Gasteiger partial charge in [0.15, 0.2) is 17.3 Å². The molecule has 0 aliphatic carbocycles. The summed E-state index contributed by atoms with van der Waals surface area (Å²) in [5.74, 6) is -0.283. The number of hydrogen-bond acceptors (Lipinski definition) is 6. The van der Waals surface area contributed by atoms with E-state index in [1.165, 1.54) is 11.0 Å². The molecule has 2 aliphatic heterocycles. The van der Waals surface area contributed by atoms with E-state index in [0.717, 1.165) is 17.7 Å². The van der Waals surface area contributed by atoms with Crippen LogP contribution in [-0.2, 0) is 0 Å². The van der Waals surface area contributed by atoms with E-state index >= 15 is 0 Å². The van der Waals surface area contributed by atoms with E-state index in [4.69, 9.17) is 9.47 Å². The van der Waals surface area contributed by atoms with Gasteiger partial charge in [0.05, 0.1) is 5.69 Å². The third kappa shape index (κ3) is 3.63. The molecule has 1 saturated heterocycles. The first kappa shape index (κ1) is 19.2. The van der Waals surface area contributed by atoms with E-state index in [9.17, 15) is 13.6 Å². The van der Waals surface area contributed by atoms with Crippen LogP contribution in [0.1, 0.15) is 10.4 Å². The molecule has 31 heavy (non-hydrogen) atoms. The largest absolute Gasteiger partial charge is 0.454 e. The summed E-state index contributed by atoms with van der Waals surface area (Å²) in [5.41, 5.74) is 1.06. The van der Waals surface area contributed by atoms with Crippen LogP contribution in [-0.4, -0.2) is 54.0 Å². The Bertz CT molecular complexity index is 1110. The SMILES string of the molecule is O=C(c1c(F)cccc1F)N1CCN(c2ccc(-c3ccc4c(c3)OCO4)nn2)CC1. The number of carbonyl (C=O) groups is 1. The maximum absolute atomic E-state index is 13.9. The van der Waals surface area contributed by atoms with Gasteiger partial charge < -0.3 is 19.3 Å². The van der Waals surface area contributed by atoms with Gasteiger partial charge in [-0.05, 0) is 42.5 Å². The first-order valence-electron chi connectivity index (χ1n) is 9.82. The van der Waals surface area contributed by atoms with Crippen LogP contribution in [0.15, 0.2) is 48.5 Å². The first-order chi connectivity index (χ1) is 15.1. The van der Waals surface area contributed by atoms with E-state index < -0.39 is 23.1 Å². The lowest BCUT2D eigenvalue weighted by atomic mass is 10.1. The van der Waals surface area contributed by atoms with Crippen molar-refractivity contribution in [2.45, 2.75) is 0 Å². The van der Waals surface area contributed by atoms with Crippen LogP contribution in [0.2, 0.25) is 0 Å². The van der Waals surface area contributed by atoms with Crippen molar-refractivity contribution in [1.82, 2.24) is 15.1 Å². The van der Waals surface area contributed by atoms with Crippen molar-refractivity contribution in [2.24, 2.45) is 0 Å². The van der Waals surface area contributed by atoms with E-state index in [-0.39, 0.29) is 6.79 Å². The van der Waals surface area contributed by atoms with Crippen molar-refractivity contribution in [3.63, 3.8) is 0 Å². The zero-order valence-electron chi connectivity index (χ0n) is 16.4. The van der Waals surface area contributed by atoms with Crippen molar-refractivity contribution < 1.29 is 23.0 Å². The molecule has 0 spiro atoms. The van der Waals surface area contributed by atoms with Crippen LogP contribution >= 0.6 is 0 Å². The lowest BCUT2D eigenvalue weighted by molar-refractivity contribution is 0.0736. The maximum atomic E-state index is 13.9. The molecular formula is C22H18F2N4O3. The monoisotopic (exact) mass is 424 g/mol. The number of nitrogens with zero attached hydrogens (tertiary/aromatic N) is 4. The molecule has 2 aliphatic rings. The minimum atomic E-state index is -0.850. The Kier molecular flexibility index (Phi) is 4.85. The Labute approximate surface area is 176 Å². The van der Waals surface area contributed by atoms with Crippen molar-refractivity contribution in [1.29, 1.82) is 0 Å². The normalized spacial score (nSPS) is 15.3. The quantitative estimate of drug-likeness (QED) is 0.644. The molecule has 0 radical (unpaired) electrons. The Morgan fingerprint density at radius 3 is 2.32 bits per heavy atom. The molecule has 158 valence electrons. The predicted molar refractivity (Wildman–Crippen MR) is 108 cm³/mol. The van der Waals surface area contributed by atoms with E-state index in [1.807, 2.05) is 35.2 Å². The van der Waals surface area contributed by atoms with Crippen LogP contribution < -0.4 is 14.4 Å². The van der Waals surface area contributed by atoms with E-state index in [1.54, 1.807) is 0 Å². The van der Waals surface area contributed by atoms with Crippen molar-refractivity contribution in [2.75, 3.05) is 37.9 Å². The number of anilines is 1. The molecule has 3 aromatic rings. The average Bonchev–Trinajstić information content (AvgIpc) is 3.27. The fourth-order valence-electron chi connectivity index (χ4n) is 3.70. The van der Waals surface area contributed by atoms with Crippen LogP contribution in [0, 0.1) is 11.6 Å². The number of carbonyl (C=O) groups excluding carboxylic acids is 1. The Morgan fingerprint density at radius 2 is 1.61 bits per heavy atom. The minimum absolute atomic E-state index is 0.210. The topological polar surface area (TPSA) is 67.8 Å². The van der Waals surface area contributed by atoms with Crippen molar-refractivity contribution >= 4 is 11.7 Å². The van der Waals surface area contributed by atoms with Crippen LogP contribution in [0.4, 0.5) is 14.6 Å². The lowest BCUT2D eigenvalue weighted by Crippen LogP contribution is -2.49. The second kappa shape index (κ2) is 7.82. The summed E-state index contributed by atoms with van der Waals surface area (Å²) in [4.78, 5) is 16.0. The van der Waals surface area contributed by atoms with Crippen LogP contribution in [0.5, 0.6) is 11.5 Å². The molecule has 0 atom stereocenters. The van der Waals surface area contributed by atoms with Crippen LogP contribution in [0.3, 0.4) is 0 Å². The molecule has 1 fully saturated rings. The highest BCUT2D eigenvalue weighted by Crippen LogP contribution is 2.35. The minimum Gasteiger partial charge on any atom is -0.454 e. The summed E-state index contributed by atoms with van der Waals surface area (Å²) >= 11 is 0. The fraction of sp³-hybridized carbons (Fsp3) is 0.227. The Balaban J connectivity index is 1.25. The van der Waals surface area contributed by atoms with Gasteiger partial charge in [-0.1, -0.05) is 6.07 Å². The van der Waals surface area contributed by atoms with E-state index in [0.29, 0.717) is 49.2 Å².